The molecule has 0 aliphatic carbocycles. The number of hydrogen-bond acceptors (Lipinski definition) is 4. The molecule has 0 aromatic heterocycles. The summed E-state index contributed by atoms with van der Waals surface area (Å²) in [5.74, 6) is 0. The average molecular weight is 326 g/mol. The van der Waals surface area contributed by atoms with Crippen molar-refractivity contribution in [3.05, 3.63) is 28.8 Å². The van der Waals surface area contributed by atoms with Crippen molar-refractivity contribution in [2.24, 2.45) is 0 Å². The Balaban J connectivity index is 1.89. The molecule has 0 amide bonds. The Morgan fingerprint density at radius 1 is 1.29 bits per heavy atom. The van der Waals surface area contributed by atoms with Crippen LogP contribution < -0.4 is 5.32 Å². The Bertz CT molecular complexity index is 699. The maximum Gasteiger partial charge on any atom is 0.243 e. The second-order valence-corrected chi connectivity index (χ2v) is 7.89. The van der Waals surface area contributed by atoms with Crippen LogP contribution in [0.15, 0.2) is 23.1 Å². The molecule has 2 aliphatic heterocycles. The van der Waals surface area contributed by atoms with Gasteiger partial charge in [0, 0.05) is 25.2 Å². The minimum atomic E-state index is -3.56. The summed E-state index contributed by atoms with van der Waals surface area (Å²) in [6.45, 7) is 1.02. The summed E-state index contributed by atoms with van der Waals surface area (Å²) in [6.07, 6.45) is 2.98. The highest BCUT2D eigenvalue weighted by Gasteiger charge is 2.35. The van der Waals surface area contributed by atoms with Crippen LogP contribution in [0.2, 0.25) is 5.02 Å². The Kier molecular flexibility index (Phi) is 3.93. The molecule has 1 aromatic rings. The van der Waals surface area contributed by atoms with Gasteiger partial charge in [0.25, 0.3) is 0 Å². The third kappa shape index (κ3) is 2.79. The van der Waals surface area contributed by atoms with E-state index in [1.807, 2.05) is 6.07 Å². The minimum Gasteiger partial charge on any atom is -0.310 e. The standard InChI is InChI=1S/C14H16ClN3O2S/c15-14-7-13(4-1-10(14)8-16)21(19,20)18-6-5-11-2-3-12(9-18)17-11/h1,4,7,11-12,17H,2-3,5-6,9H2. The highest BCUT2D eigenvalue weighted by atomic mass is 35.5. The molecule has 2 fully saturated rings. The molecule has 2 atom stereocenters. The summed E-state index contributed by atoms with van der Waals surface area (Å²) in [6, 6.07) is 6.88. The van der Waals surface area contributed by atoms with Gasteiger partial charge in [-0.05, 0) is 37.5 Å². The quantitative estimate of drug-likeness (QED) is 0.898. The maximum absolute atomic E-state index is 12.7. The van der Waals surface area contributed by atoms with Crippen LogP contribution >= 0.6 is 11.6 Å². The van der Waals surface area contributed by atoms with E-state index in [0.717, 1.165) is 19.3 Å². The van der Waals surface area contributed by atoms with Crippen LogP contribution in [0.25, 0.3) is 0 Å². The first-order valence-electron chi connectivity index (χ1n) is 6.96. The number of nitriles is 1. The van der Waals surface area contributed by atoms with Crippen molar-refractivity contribution in [1.29, 1.82) is 5.26 Å². The first-order chi connectivity index (χ1) is 10.0. The molecule has 0 spiro atoms. The number of rotatable bonds is 2. The first-order valence-corrected chi connectivity index (χ1v) is 8.78. The van der Waals surface area contributed by atoms with Crippen molar-refractivity contribution < 1.29 is 8.42 Å². The number of fused-ring (bicyclic) bond motifs is 2. The highest BCUT2D eigenvalue weighted by molar-refractivity contribution is 7.89. The van der Waals surface area contributed by atoms with Crippen molar-refractivity contribution in [2.45, 2.75) is 36.2 Å². The molecule has 7 heteroatoms. The van der Waals surface area contributed by atoms with Gasteiger partial charge in [0.2, 0.25) is 10.0 Å². The number of benzene rings is 1. The number of nitrogens with zero attached hydrogens (tertiary/aromatic N) is 2. The summed E-state index contributed by atoms with van der Waals surface area (Å²) in [4.78, 5) is 0.157. The van der Waals surface area contributed by atoms with Gasteiger partial charge in [-0.1, -0.05) is 11.6 Å². The smallest absolute Gasteiger partial charge is 0.243 e. The average Bonchev–Trinajstić information content (AvgIpc) is 2.77. The number of halogens is 1. The zero-order valence-corrected chi connectivity index (χ0v) is 13.0. The summed E-state index contributed by atoms with van der Waals surface area (Å²) in [5.41, 5.74) is 0.284. The lowest BCUT2D eigenvalue weighted by atomic mass is 10.1. The van der Waals surface area contributed by atoms with Crippen molar-refractivity contribution >= 4 is 21.6 Å². The first kappa shape index (κ1) is 14.8. The lowest BCUT2D eigenvalue weighted by molar-refractivity contribution is 0.383. The Morgan fingerprint density at radius 3 is 2.76 bits per heavy atom. The lowest BCUT2D eigenvalue weighted by Crippen LogP contribution is -2.39. The zero-order chi connectivity index (χ0) is 15.0. The van der Waals surface area contributed by atoms with E-state index in [2.05, 4.69) is 5.32 Å². The van der Waals surface area contributed by atoms with E-state index in [-0.39, 0.29) is 21.5 Å². The van der Waals surface area contributed by atoms with Crippen molar-refractivity contribution in [2.75, 3.05) is 13.1 Å². The van der Waals surface area contributed by atoms with E-state index >= 15 is 0 Å². The van der Waals surface area contributed by atoms with E-state index in [1.165, 1.54) is 22.5 Å². The molecule has 0 radical (unpaired) electrons. The molecule has 2 bridgehead atoms. The molecule has 3 rings (SSSR count). The summed E-state index contributed by atoms with van der Waals surface area (Å²) in [7, 11) is -3.56. The van der Waals surface area contributed by atoms with Crippen molar-refractivity contribution in [1.82, 2.24) is 9.62 Å². The van der Waals surface area contributed by atoms with E-state index < -0.39 is 10.0 Å². The Labute approximate surface area is 129 Å². The van der Waals surface area contributed by atoms with E-state index in [0.29, 0.717) is 19.1 Å². The second-order valence-electron chi connectivity index (χ2n) is 5.54. The van der Waals surface area contributed by atoms with Crippen LogP contribution in [0.5, 0.6) is 0 Å². The second kappa shape index (κ2) is 5.58. The normalized spacial score (nSPS) is 26.3. The Hall–Kier alpha value is -1.13. The SMILES string of the molecule is N#Cc1ccc(S(=O)(=O)N2CCC3CCC(C2)N3)cc1Cl. The topological polar surface area (TPSA) is 73.2 Å². The molecule has 112 valence electrons. The highest BCUT2D eigenvalue weighted by Crippen LogP contribution is 2.27. The summed E-state index contributed by atoms with van der Waals surface area (Å²) in [5, 5.41) is 12.5. The van der Waals surface area contributed by atoms with E-state index in [9.17, 15) is 8.42 Å². The lowest BCUT2D eigenvalue weighted by Gasteiger charge is -2.23. The molecule has 0 saturated carbocycles. The maximum atomic E-state index is 12.7. The van der Waals surface area contributed by atoms with Gasteiger partial charge in [0.1, 0.15) is 6.07 Å². The van der Waals surface area contributed by atoms with Gasteiger partial charge in [-0.2, -0.15) is 9.57 Å². The number of hydrogen-bond donors (Lipinski definition) is 1. The fourth-order valence-corrected chi connectivity index (χ4v) is 4.84. The zero-order valence-electron chi connectivity index (χ0n) is 11.4. The summed E-state index contributed by atoms with van der Waals surface area (Å²) >= 11 is 5.95. The van der Waals surface area contributed by atoms with Crippen LogP contribution in [0.4, 0.5) is 0 Å². The molecule has 5 nitrogen and oxygen atoms in total. The molecule has 21 heavy (non-hydrogen) atoms. The minimum absolute atomic E-state index is 0.157. The van der Waals surface area contributed by atoms with Crippen LogP contribution in [-0.2, 0) is 10.0 Å². The Morgan fingerprint density at radius 2 is 2.05 bits per heavy atom. The molecule has 2 unspecified atom stereocenters. The number of sulfonamides is 1. The molecule has 2 aliphatic rings. The van der Waals surface area contributed by atoms with Gasteiger partial charge < -0.3 is 5.32 Å². The summed E-state index contributed by atoms with van der Waals surface area (Å²) < 4.78 is 27.0. The largest absolute Gasteiger partial charge is 0.310 e. The van der Waals surface area contributed by atoms with E-state index in [4.69, 9.17) is 16.9 Å². The number of nitrogens with one attached hydrogen (secondary N) is 1. The molecule has 1 aromatic carbocycles. The van der Waals surface area contributed by atoms with Crippen LogP contribution in [0.3, 0.4) is 0 Å². The predicted molar refractivity (Wildman–Crippen MR) is 79.5 cm³/mol. The fraction of sp³-hybridized carbons (Fsp3) is 0.500. The molecular weight excluding hydrogens is 310 g/mol. The third-order valence-corrected chi connectivity index (χ3v) is 6.36. The van der Waals surface area contributed by atoms with Gasteiger partial charge >= 0.3 is 0 Å². The van der Waals surface area contributed by atoms with Gasteiger partial charge in [-0.15, -0.1) is 0 Å². The molecule has 1 N–H and O–H groups in total. The van der Waals surface area contributed by atoms with Crippen molar-refractivity contribution in [3.8, 4) is 6.07 Å². The fourth-order valence-electron chi connectivity index (χ4n) is 3.03. The predicted octanol–water partition coefficient (Wildman–Crippen LogP) is 1.73. The molecule has 2 saturated heterocycles. The van der Waals surface area contributed by atoms with Crippen molar-refractivity contribution in [3.63, 3.8) is 0 Å². The third-order valence-electron chi connectivity index (χ3n) is 4.18. The van der Waals surface area contributed by atoms with Crippen LogP contribution in [0.1, 0.15) is 24.8 Å². The molecule has 2 heterocycles. The van der Waals surface area contributed by atoms with Crippen LogP contribution in [-0.4, -0.2) is 37.9 Å². The molecular formula is C14H16ClN3O2S. The van der Waals surface area contributed by atoms with Gasteiger partial charge in [-0.3, -0.25) is 0 Å². The van der Waals surface area contributed by atoms with Crippen LogP contribution in [0, 0.1) is 11.3 Å². The van der Waals surface area contributed by atoms with Gasteiger partial charge in [0.15, 0.2) is 0 Å². The monoisotopic (exact) mass is 325 g/mol. The van der Waals surface area contributed by atoms with Gasteiger partial charge in [-0.25, -0.2) is 8.42 Å². The van der Waals surface area contributed by atoms with E-state index in [1.54, 1.807) is 0 Å². The van der Waals surface area contributed by atoms with Gasteiger partial charge in [0.05, 0.1) is 15.5 Å².